The van der Waals surface area contributed by atoms with Gasteiger partial charge in [-0.15, -0.1) is 0 Å². The van der Waals surface area contributed by atoms with Gasteiger partial charge in [-0.3, -0.25) is 19.6 Å². The van der Waals surface area contributed by atoms with E-state index in [4.69, 9.17) is 0 Å². The van der Waals surface area contributed by atoms with Crippen LogP contribution < -0.4 is 0 Å². The van der Waals surface area contributed by atoms with E-state index in [-0.39, 0.29) is 5.91 Å². The van der Waals surface area contributed by atoms with Crippen LogP contribution >= 0.6 is 0 Å². The topological polar surface area (TPSA) is 92.6 Å². The van der Waals surface area contributed by atoms with Gasteiger partial charge >= 0.3 is 0 Å². The Balaban J connectivity index is 1.39. The van der Waals surface area contributed by atoms with E-state index in [1.165, 1.54) is 0 Å². The molecule has 134 valence electrons. The van der Waals surface area contributed by atoms with Gasteiger partial charge in [0.05, 0.1) is 0 Å². The van der Waals surface area contributed by atoms with Crippen molar-refractivity contribution in [3.63, 3.8) is 0 Å². The Morgan fingerprint density at radius 2 is 2.31 bits per heavy atom. The molecule has 1 unspecified atom stereocenters. The van der Waals surface area contributed by atoms with Gasteiger partial charge in [0.2, 0.25) is 0 Å². The van der Waals surface area contributed by atoms with Gasteiger partial charge in [0.1, 0.15) is 5.82 Å². The molecule has 1 aliphatic heterocycles. The van der Waals surface area contributed by atoms with Crippen LogP contribution in [0.1, 0.15) is 28.4 Å². The number of amides is 1. The molecule has 1 atom stereocenters. The molecule has 0 spiro atoms. The van der Waals surface area contributed by atoms with Crippen LogP contribution in [0.3, 0.4) is 0 Å². The summed E-state index contributed by atoms with van der Waals surface area (Å²) in [7, 11) is 1.85. The molecule has 1 saturated heterocycles. The molecule has 0 bridgehead atoms. The van der Waals surface area contributed by atoms with Crippen LogP contribution in [0, 0.1) is 12.8 Å². The summed E-state index contributed by atoms with van der Waals surface area (Å²) in [6.45, 7) is 3.42. The van der Waals surface area contributed by atoms with E-state index in [1.807, 2.05) is 37.1 Å². The summed E-state index contributed by atoms with van der Waals surface area (Å²) in [5.74, 6) is 1.88. The largest absolute Gasteiger partial charge is 0.337 e. The van der Waals surface area contributed by atoms with E-state index in [0.29, 0.717) is 17.4 Å². The summed E-state index contributed by atoms with van der Waals surface area (Å²) < 4.78 is 1.73. The Bertz CT molecular complexity index is 895. The molecule has 8 heteroatoms. The maximum absolute atomic E-state index is 12.6. The first-order valence-corrected chi connectivity index (χ1v) is 8.72. The summed E-state index contributed by atoms with van der Waals surface area (Å²) in [6, 6.07) is 5.64. The molecule has 0 aliphatic carbocycles. The third-order valence-corrected chi connectivity index (χ3v) is 4.84. The Hall–Kier alpha value is -3.03. The fourth-order valence-electron chi connectivity index (χ4n) is 3.30. The van der Waals surface area contributed by atoms with Crippen LogP contribution in [0.2, 0.25) is 0 Å². The van der Waals surface area contributed by atoms with Gasteiger partial charge in [-0.1, -0.05) is 0 Å². The predicted molar refractivity (Wildman–Crippen MR) is 95.3 cm³/mol. The maximum atomic E-state index is 12.6. The van der Waals surface area contributed by atoms with Crippen molar-refractivity contribution in [1.82, 2.24) is 34.8 Å². The van der Waals surface area contributed by atoms with Crippen molar-refractivity contribution in [3.8, 4) is 11.4 Å². The van der Waals surface area contributed by atoms with Crippen molar-refractivity contribution < 1.29 is 4.79 Å². The lowest BCUT2D eigenvalue weighted by atomic mass is 10.1. The first kappa shape index (κ1) is 16.4. The molecule has 4 rings (SSSR count). The van der Waals surface area contributed by atoms with Crippen molar-refractivity contribution >= 4 is 5.91 Å². The first-order valence-electron chi connectivity index (χ1n) is 8.72. The second-order valence-corrected chi connectivity index (χ2v) is 6.75. The minimum atomic E-state index is 0.00446. The monoisotopic (exact) mass is 351 g/mol. The normalized spacial score (nSPS) is 17.0. The van der Waals surface area contributed by atoms with Gasteiger partial charge in [0.25, 0.3) is 5.91 Å². The van der Waals surface area contributed by atoms with Crippen molar-refractivity contribution in [2.24, 2.45) is 13.0 Å². The number of carbonyl (C=O) groups excluding carboxylic acids is 1. The van der Waals surface area contributed by atoms with Gasteiger partial charge in [-0.2, -0.15) is 10.2 Å². The summed E-state index contributed by atoms with van der Waals surface area (Å²) in [5, 5.41) is 11.6. The van der Waals surface area contributed by atoms with Gasteiger partial charge in [-0.25, -0.2) is 4.98 Å². The molecule has 1 aliphatic rings. The second-order valence-electron chi connectivity index (χ2n) is 6.75. The number of nitrogens with one attached hydrogen (secondary N) is 1. The zero-order valence-corrected chi connectivity index (χ0v) is 14.9. The van der Waals surface area contributed by atoms with Crippen molar-refractivity contribution in [2.45, 2.75) is 19.8 Å². The van der Waals surface area contributed by atoms with E-state index in [9.17, 15) is 4.79 Å². The number of pyridine rings is 1. The van der Waals surface area contributed by atoms with Gasteiger partial charge in [0, 0.05) is 50.2 Å². The highest BCUT2D eigenvalue weighted by molar-refractivity contribution is 5.92. The standard InChI is InChI=1S/C18H21N7O/c1-12-8-15(23-24(12)2)18(26)25-7-5-13(11-25)9-16-20-17(22-21-16)14-4-3-6-19-10-14/h3-4,6,8,10,13H,5,7,9,11H2,1-2H3,(H,20,21,22). The lowest BCUT2D eigenvalue weighted by molar-refractivity contribution is 0.0780. The summed E-state index contributed by atoms with van der Waals surface area (Å²) in [4.78, 5) is 23.1. The molecule has 3 aromatic heterocycles. The molecule has 1 fully saturated rings. The lowest BCUT2D eigenvalue weighted by Gasteiger charge is -2.14. The van der Waals surface area contributed by atoms with E-state index in [1.54, 1.807) is 17.1 Å². The molecule has 1 amide bonds. The van der Waals surface area contributed by atoms with Gasteiger partial charge in [-0.05, 0) is 37.5 Å². The van der Waals surface area contributed by atoms with Crippen LogP contribution in [0.15, 0.2) is 30.6 Å². The minimum Gasteiger partial charge on any atom is -0.337 e. The number of aryl methyl sites for hydroxylation is 2. The molecule has 8 nitrogen and oxygen atoms in total. The number of H-pyrrole nitrogens is 1. The smallest absolute Gasteiger partial charge is 0.274 e. The number of aromatic amines is 1. The molecular formula is C18H21N7O. The van der Waals surface area contributed by atoms with E-state index in [0.717, 1.165) is 43.0 Å². The SMILES string of the molecule is Cc1cc(C(=O)N2CCC(Cc3nc(-c4cccnc4)n[nH]3)C2)nn1C. The van der Waals surface area contributed by atoms with Crippen LogP contribution in [-0.2, 0) is 13.5 Å². The van der Waals surface area contributed by atoms with Crippen LogP contribution in [0.5, 0.6) is 0 Å². The molecule has 3 aromatic rings. The second kappa shape index (κ2) is 6.70. The third kappa shape index (κ3) is 3.22. The average molecular weight is 351 g/mol. The fourth-order valence-corrected chi connectivity index (χ4v) is 3.30. The van der Waals surface area contributed by atoms with E-state index < -0.39 is 0 Å². The van der Waals surface area contributed by atoms with Crippen LogP contribution in [-0.4, -0.2) is 53.8 Å². The molecular weight excluding hydrogens is 330 g/mol. The van der Waals surface area contributed by atoms with Crippen molar-refractivity contribution in [3.05, 3.63) is 47.8 Å². The zero-order valence-electron chi connectivity index (χ0n) is 14.9. The summed E-state index contributed by atoms with van der Waals surface area (Å²) in [5.41, 5.74) is 2.39. The molecule has 0 saturated carbocycles. The van der Waals surface area contributed by atoms with E-state index in [2.05, 4.69) is 25.3 Å². The van der Waals surface area contributed by atoms with Gasteiger partial charge in [0.15, 0.2) is 11.5 Å². The highest BCUT2D eigenvalue weighted by Crippen LogP contribution is 2.22. The molecule has 26 heavy (non-hydrogen) atoms. The number of aromatic nitrogens is 6. The average Bonchev–Trinajstić information content (AvgIpc) is 3.37. The molecule has 0 radical (unpaired) electrons. The number of hydrogen-bond donors (Lipinski definition) is 1. The highest BCUT2D eigenvalue weighted by Gasteiger charge is 2.29. The molecule has 1 N–H and O–H groups in total. The van der Waals surface area contributed by atoms with Crippen LogP contribution in [0.25, 0.3) is 11.4 Å². The Labute approximate surface area is 151 Å². The lowest BCUT2D eigenvalue weighted by Crippen LogP contribution is -2.29. The Morgan fingerprint density at radius 1 is 1.42 bits per heavy atom. The minimum absolute atomic E-state index is 0.00446. The fraction of sp³-hybridized carbons (Fsp3) is 0.389. The van der Waals surface area contributed by atoms with E-state index >= 15 is 0 Å². The maximum Gasteiger partial charge on any atom is 0.274 e. The van der Waals surface area contributed by atoms with Crippen molar-refractivity contribution in [1.29, 1.82) is 0 Å². The summed E-state index contributed by atoms with van der Waals surface area (Å²) >= 11 is 0. The summed E-state index contributed by atoms with van der Waals surface area (Å²) in [6.07, 6.45) is 5.21. The molecule has 4 heterocycles. The van der Waals surface area contributed by atoms with Crippen molar-refractivity contribution in [2.75, 3.05) is 13.1 Å². The number of carbonyl (C=O) groups is 1. The number of rotatable bonds is 4. The number of likely N-dealkylation sites (tertiary alicyclic amines) is 1. The predicted octanol–water partition coefficient (Wildman–Crippen LogP) is 1.61. The Morgan fingerprint density at radius 3 is 3.04 bits per heavy atom. The van der Waals surface area contributed by atoms with Gasteiger partial charge < -0.3 is 4.90 Å². The van der Waals surface area contributed by atoms with Crippen LogP contribution in [0.4, 0.5) is 0 Å². The Kier molecular flexibility index (Phi) is 4.24. The quantitative estimate of drug-likeness (QED) is 0.771. The first-order chi connectivity index (χ1) is 12.6. The highest BCUT2D eigenvalue weighted by atomic mass is 16.2. The number of hydrogen-bond acceptors (Lipinski definition) is 5. The number of nitrogens with zero attached hydrogens (tertiary/aromatic N) is 6. The third-order valence-electron chi connectivity index (χ3n) is 4.84. The molecule has 0 aromatic carbocycles. The zero-order chi connectivity index (χ0) is 18.1.